The van der Waals surface area contributed by atoms with Crippen molar-refractivity contribution in [2.75, 3.05) is 0 Å². The summed E-state index contributed by atoms with van der Waals surface area (Å²) in [5.74, 6) is -0.431. The molecule has 0 amide bonds. The predicted octanol–water partition coefficient (Wildman–Crippen LogP) is 2.57. The van der Waals surface area contributed by atoms with Crippen LogP contribution in [0.4, 0.5) is 17.6 Å². The Morgan fingerprint density at radius 1 is 1.33 bits per heavy atom. The van der Waals surface area contributed by atoms with Crippen LogP contribution in [0.2, 0.25) is 0 Å². The molecular weight excluding hydrogens is 210 g/mol. The summed E-state index contributed by atoms with van der Waals surface area (Å²) >= 11 is 0. The molecule has 0 saturated carbocycles. The third-order valence-corrected chi connectivity index (χ3v) is 2.10. The Morgan fingerprint density at radius 2 is 1.93 bits per heavy atom. The molecule has 0 bridgehead atoms. The van der Waals surface area contributed by atoms with E-state index in [1.54, 1.807) is 0 Å². The summed E-state index contributed by atoms with van der Waals surface area (Å²) in [6.45, 7) is 1.50. The van der Waals surface area contributed by atoms with Crippen LogP contribution in [-0.4, -0.2) is 12.2 Å². The molecule has 5 heteroatoms. The van der Waals surface area contributed by atoms with E-state index in [4.69, 9.17) is 5.73 Å². The fourth-order valence-corrected chi connectivity index (χ4v) is 1.20. The van der Waals surface area contributed by atoms with Gasteiger partial charge in [0.05, 0.1) is 0 Å². The molecule has 84 valence electrons. The maximum absolute atomic E-state index is 12.8. The minimum atomic E-state index is -4.41. The van der Waals surface area contributed by atoms with Gasteiger partial charge in [0, 0.05) is 0 Å². The Morgan fingerprint density at radius 3 is 2.40 bits per heavy atom. The lowest BCUT2D eigenvalue weighted by atomic mass is 10.0. The van der Waals surface area contributed by atoms with Gasteiger partial charge in [0.1, 0.15) is 11.9 Å². The third kappa shape index (κ3) is 3.20. The first kappa shape index (κ1) is 12.0. The first-order valence-electron chi connectivity index (χ1n) is 4.38. The molecule has 0 heterocycles. The minimum absolute atomic E-state index is 0.321. The summed E-state index contributed by atoms with van der Waals surface area (Å²) in [7, 11) is 0. The van der Waals surface area contributed by atoms with E-state index in [1.807, 2.05) is 0 Å². The van der Waals surface area contributed by atoms with Crippen LogP contribution in [0.15, 0.2) is 18.2 Å². The van der Waals surface area contributed by atoms with Crippen molar-refractivity contribution in [3.05, 3.63) is 35.1 Å². The number of halogens is 4. The van der Waals surface area contributed by atoms with Crippen molar-refractivity contribution in [1.82, 2.24) is 0 Å². The van der Waals surface area contributed by atoms with Crippen LogP contribution >= 0.6 is 0 Å². The molecule has 0 aromatic heterocycles. The molecule has 0 aliphatic rings. The highest BCUT2D eigenvalue weighted by Crippen LogP contribution is 2.22. The smallest absolute Gasteiger partial charge is 0.320 e. The second-order valence-electron chi connectivity index (χ2n) is 3.44. The van der Waals surface area contributed by atoms with Crippen LogP contribution in [0, 0.1) is 12.7 Å². The maximum Gasteiger partial charge on any atom is 0.403 e. The molecule has 1 atom stereocenters. The van der Waals surface area contributed by atoms with Gasteiger partial charge in [-0.3, -0.25) is 0 Å². The SMILES string of the molecule is Cc1cc(CC(N)C(F)(F)F)ccc1F. The molecule has 1 rings (SSSR count). The average Bonchev–Trinajstić information content (AvgIpc) is 2.10. The lowest BCUT2D eigenvalue weighted by molar-refractivity contribution is -0.147. The fourth-order valence-electron chi connectivity index (χ4n) is 1.20. The number of nitrogens with two attached hydrogens (primary N) is 1. The Kier molecular flexibility index (Phi) is 3.34. The topological polar surface area (TPSA) is 26.0 Å². The van der Waals surface area contributed by atoms with Crippen molar-refractivity contribution < 1.29 is 17.6 Å². The molecular formula is C10H11F4N. The summed E-state index contributed by atoms with van der Waals surface area (Å²) in [6, 6.07) is 1.94. The van der Waals surface area contributed by atoms with Crippen molar-refractivity contribution in [2.45, 2.75) is 25.6 Å². The van der Waals surface area contributed by atoms with E-state index in [9.17, 15) is 17.6 Å². The van der Waals surface area contributed by atoms with E-state index in [0.29, 0.717) is 11.1 Å². The number of benzene rings is 1. The largest absolute Gasteiger partial charge is 0.403 e. The summed E-state index contributed by atoms with van der Waals surface area (Å²) in [5, 5.41) is 0. The van der Waals surface area contributed by atoms with Crippen molar-refractivity contribution in [3.63, 3.8) is 0 Å². The Balaban J connectivity index is 2.78. The standard InChI is InChI=1S/C10H11F4N/c1-6-4-7(2-3-8(6)11)5-9(15)10(12,13)14/h2-4,9H,5,15H2,1H3. The second kappa shape index (κ2) is 4.18. The van der Waals surface area contributed by atoms with E-state index in [2.05, 4.69) is 0 Å². The van der Waals surface area contributed by atoms with Gasteiger partial charge in [-0.2, -0.15) is 13.2 Å². The molecule has 2 N–H and O–H groups in total. The molecule has 0 aliphatic carbocycles. The van der Waals surface area contributed by atoms with E-state index in [0.717, 1.165) is 6.07 Å². The highest BCUT2D eigenvalue weighted by atomic mass is 19.4. The van der Waals surface area contributed by atoms with Gasteiger partial charge in [0.2, 0.25) is 0 Å². The van der Waals surface area contributed by atoms with Gasteiger partial charge < -0.3 is 5.73 Å². The van der Waals surface area contributed by atoms with Gasteiger partial charge >= 0.3 is 6.18 Å². The zero-order chi connectivity index (χ0) is 11.6. The van der Waals surface area contributed by atoms with Crippen LogP contribution in [0.1, 0.15) is 11.1 Å². The summed E-state index contributed by atoms with van der Waals surface area (Å²) in [6.07, 6.45) is -4.74. The zero-order valence-corrected chi connectivity index (χ0v) is 8.11. The quantitative estimate of drug-likeness (QED) is 0.763. The fraction of sp³-hybridized carbons (Fsp3) is 0.400. The predicted molar refractivity (Wildman–Crippen MR) is 48.9 cm³/mol. The number of hydrogen-bond donors (Lipinski definition) is 1. The van der Waals surface area contributed by atoms with Gasteiger partial charge in [-0.05, 0) is 30.5 Å². The van der Waals surface area contributed by atoms with Crippen LogP contribution in [0.3, 0.4) is 0 Å². The van der Waals surface area contributed by atoms with Crippen molar-refractivity contribution >= 4 is 0 Å². The second-order valence-corrected chi connectivity index (χ2v) is 3.44. The van der Waals surface area contributed by atoms with E-state index in [-0.39, 0.29) is 6.42 Å². The average molecular weight is 221 g/mol. The third-order valence-electron chi connectivity index (χ3n) is 2.10. The van der Waals surface area contributed by atoms with Crippen LogP contribution < -0.4 is 5.73 Å². The molecule has 1 nitrogen and oxygen atoms in total. The molecule has 1 unspecified atom stereocenters. The highest BCUT2D eigenvalue weighted by Gasteiger charge is 2.36. The first-order chi connectivity index (χ1) is 6.80. The van der Waals surface area contributed by atoms with Crippen LogP contribution in [0.25, 0.3) is 0 Å². The van der Waals surface area contributed by atoms with E-state index in [1.165, 1.54) is 19.1 Å². The molecule has 1 aromatic rings. The summed E-state index contributed by atoms with van der Waals surface area (Å²) in [4.78, 5) is 0. The maximum atomic E-state index is 12.8. The van der Waals surface area contributed by atoms with Gasteiger partial charge in [0.15, 0.2) is 0 Å². The Bertz CT molecular complexity index is 346. The van der Waals surface area contributed by atoms with Gasteiger partial charge in [-0.1, -0.05) is 12.1 Å². The molecule has 15 heavy (non-hydrogen) atoms. The Labute approximate surface area is 84.9 Å². The van der Waals surface area contributed by atoms with Gasteiger partial charge in [-0.15, -0.1) is 0 Å². The van der Waals surface area contributed by atoms with E-state index >= 15 is 0 Å². The normalized spacial score (nSPS) is 14.0. The van der Waals surface area contributed by atoms with E-state index < -0.39 is 18.0 Å². The number of hydrogen-bond acceptors (Lipinski definition) is 1. The zero-order valence-electron chi connectivity index (χ0n) is 8.11. The monoisotopic (exact) mass is 221 g/mol. The van der Waals surface area contributed by atoms with Gasteiger partial charge in [-0.25, -0.2) is 4.39 Å². The molecule has 0 saturated heterocycles. The summed E-state index contributed by atoms with van der Waals surface area (Å²) in [5.41, 5.74) is 5.66. The molecule has 0 spiro atoms. The Hall–Kier alpha value is -1.10. The van der Waals surface area contributed by atoms with Crippen molar-refractivity contribution in [2.24, 2.45) is 5.73 Å². The number of rotatable bonds is 2. The first-order valence-corrected chi connectivity index (χ1v) is 4.38. The molecule has 1 aromatic carbocycles. The van der Waals surface area contributed by atoms with Gasteiger partial charge in [0.25, 0.3) is 0 Å². The minimum Gasteiger partial charge on any atom is -0.320 e. The van der Waals surface area contributed by atoms with Crippen molar-refractivity contribution in [3.8, 4) is 0 Å². The highest BCUT2D eigenvalue weighted by molar-refractivity contribution is 5.24. The lowest BCUT2D eigenvalue weighted by Crippen LogP contribution is -2.39. The number of alkyl halides is 3. The van der Waals surface area contributed by atoms with Crippen LogP contribution in [0.5, 0.6) is 0 Å². The number of aryl methyl sites for hydroxylation is 1. The molecule has 0 radical (unpaired) electrons. The summed E-state index contributed by atoms with van der Waals surface area (Å²) < 4.78 is 49.2. The van der Waals surface area contributed by atoms with Crippen molar-refractivity contribution in [1.29, 1.82) is 0 Å². The lowest BCUT2D eigenvalue weighted by Gasteiger charge is -2.15. The molecule has 0 aliphatic heterocycles. The molecule has 0 fully saturated rings. The van der Waals surface area contributed by atoms with Crippen LogP contribution in [-0.2, 0) is 6.42 Å².